The maximum Gasteiger partial charge on any atom is 0.170 e. The minimum atomic E-state index is -0.282. The van der Waals surface area contributed by atoms with Crippen LogP contribution < -0.4 is 10.4 Å². The number of nitrogens with zero attached hydrogens (tertiary/aromatic N) is 2. The molecule has 3 nitrogen and oxygen atoms in total. The van der Waals surface area contributed by atoms with Gasteiger partial charge in [0.05, 0.1) is 5.69 Å². The average Bonchev–Trinajstić information content (AvgIpc) is 3.45. The van der Waals surface area contributed by atoms with E-state index < -0.39 is 0 Å². The summed E-state index contributed by atoms with van der Waals surface area (Å²) in [6.07, 6.45) is 8.05. The molecule has 1 fully saturated rings. The molecule has 2 aliphatic rings. The van der Waals surface area contributed by atoms with Gasteiger partial charge in [0.1, 0.15) is 5.82 Å². The lowest BCUT2D eigenvalue weighted by molar-refractivity contribution is 0.202. The molecule has 2 heterocycles. The standard InChI is InChI=1S/C29H27FN2O/c30-25-10-11-26-27(18-25)33-31-28(26)21-12-15-32(16-13-21)17-14-29(24-8-2-1-3-9-24)19-22-6-4-5-7-23(22)20-29/h1-11,18-21H,12-17H2. The highest BCUT2D eigenvalue weighted by atomic mass is 19.1. The van der Waals surface area contributed by atoms with Crippen molar-refractivity contribution in [2.75, 3.05) is 19.6 Å². The van der Waals surface area contributed by atoms with Crippen molar-refractivity contribution in [1.82, 2.24) is 10.1 Å². The fourth-order valence-corrected chi connectivity index (χ4v) is 5.57. The van der Waals surface area contributed by atoms with E-state index in [4.69, 9.17) is 4.52 Å². The number of fused-ring (bicyclic) bond motifs is 2. The minimum Gasteiger partial charge on any atom is -0.356 e. The van der Waals surface area contributed by atoms with Crippen LogP contribution in [0.3, 0.4) is 0 Å². The Kier molecular flexibility index (Phi) is 5.11. The van der Waals surface area contributed by atoms with Gasteiger partial charge in [-0.1, -0.05) is 71.9 Å². The Morgan fingerprint density at radius 2 is 1.61 bits per heavy atom. The van der Waals surface area contributed by atoms with Crippen LogP contribution in [-0.2, 0) is 5.41 Å². The third kappa shape index (κ3) is 3.79. The van der Waals surface area contributed by atoms with Gasteiger partial charge in [-0.2, -0.15) is 0 Å². The first-order valence-electron chi connectivity index (χ1n) is 11.8. The van der Waals surface area contributed by atoms with E-state index in [9.17, 15) is 4.39 Å². The molecular weight excluding hydrogens is 411 g/mol. The van der Waals surface area contributed by atoms with E-state index in [1.165, 1.54) is 28.1 Å². The monoisotopic (exact) mass is 438 g/mol. The van der Waals surface area contributed by atoms with Crippen LogP contribution in [0.2, 0.25) is 0 Å². The summed E-state index contributed by atoms with van der Waals surface area (Å²) in [5.74, 6) is 0.0833. The molecule has 0 unspecified atom stereocenters. The van der Waals surface area contributed by atoms with Crippen LogP contribution in [0.15, 0.2) is 77.3 Å². The lowest BCUT2D eigenvalue weighted by Gasteiger charge is -2.34. The molecule has 6 rings (SSSR count). The lowest BCUT2D eigenvalue weighted by atomic mass is 9.78. The summed E-state index contributed by atoms with van der Waals surface area (Å²) in [7, 11) is 0. The number of likely N-dealkylation sites (tertiary alicyclic amines) is 1. The van der Waals surface area contributed by atoms with E-state index in [-0.39, 0.29) is 11.2 Å². The first kappa shape index (κ1) is 20.4. The van der Waals surface area contributed by atoms with Crippen LogP contribution in [0.4, 0.5) is 4.39 Å². The van der Waals surface area contributed by atoms with E-state index in [2.05, 4.69) is 76.8 Å². The number of rotatable bonds is 5. The first-order chi connectivity index (χ1) is 16.2. The molecule has 0 bridgehead atoms. The summed E-state index contributed by atoms with van der Waals surface area (Å²) in [6, 6.07) is 24.3. The van der Waals surface area contributed by atoms with Gasteiger partial charge in [0.25, 0.3) is 0 Å². The Hall–Kier alpha value is -3.24. The first-order valence-corrected chi connectivity index (χ1v) is 11.8. The van der Waals surface area contributed by atoms with Gasteiger partial charge in [0.15, 0.2) is 5.58 Å². The largest absolute Gasteiger partial charge is 0.356 e. The molecule has 1 aliphatic heterocycles. The molecule has 0 N–H and O–H groups in total. The third-order valence-electron chi connectivity index (χ3n) is 7.41. The van der Waals surface area contributed by atoms with E-state index in [1.54, 1.807) is 6.07 Å². The Morgan fingerprint density at radius 3 is 2.33 bits per heavy atom. The fraction of sp³-hybridized carbons (Fsp3) is 0.276. The number of aromatic nitrogens is 1. The summed E-state index contributed by atoms with van der Waals surface area (Å²) >= 11 is 0. The van der Waals surface area contributed by atoms with Crippen molar-refractivity contribution in [2.45, 2.75) is 30.6 Å². The predicted molar refractivity (Wildman–Crippen MR) is 130 cm³/mol. The molecule has 4 heteroatoms. The van der Waals surface area contributed by atoms with Crippen LogP contribution in [-0.4, -0.2) is 29.7 Å². The second kappa shape index (κ2) is 8.27. The number of hydrogen-bond donors (Lipinski definition) is 0. The third-order valence-corrected chi connectivity index (χ3v) is 7.41. The molecule has 1 saturated heterocycles. The highest BCUT2D eigenvalue weighted by Crippen LogP contribution is 2.36. The highest BCUT2D eigenvalue weighted by Gasteiger charge is 2.31. The second-order valence-electron chi connectivity index (χ2n) is 9.40. The van der Waals surface area contributed by atoms with Gasteiger partial charge < -0.3 is 9.42 Å². The van der Waals surface area contributed by atoms with Crippen molar-refractivity contribution in [3.05, 3.63) is 100 Å². The van der Waals surface area contributed by atoms with Crippen LogP contribution in [0.25, 0.3) is 23.1 Å². The van der Waals surface area contributed by atoms with Gasteiger partial charge in [-0.25, -0.2) is 4.39 Å². The molecule has 3 aromatic carbocycles. The van der Waals surface area contributed by atoms with Crippen molar-refractivity contribution in [3.63, 3.8) is 0 Å². The molecule has 1 aromatic heterocycles. The van der Waals surface area contributed by atoms with Crippen LogP contribution in [0.5, 0.6) is 0 Å². The number of halogens is 1. The number of piperidine rings is 1. The molecule has 0 spiro atoms. The van der Waals surface area contributed by atoms with Crippen LogP contribution >= 0.6 is 0 Å². The summed E-state index contributed by atoms with van der Waals surface area (Å²) < 4.78 is 18.9. The van der Waals surface area contributed by atoms with Crippen LogP contribution in [0.1, 0.15) is 36.4 Å². The predicted octanol–water partition coefficient (Wildman–Crippen LogP) is 4.75. The van der Waals surface area contributed by atoms with Gasteiger partial charge in [-0.3, -0.25) is 0 Å². The van der Waals surface area contributed by atoms with Gasteiger partial charge in [0, 0.05) is 22.8 Å². The average molecular weight is 439 g/mol. The molecular formula is C29H27FN2O. The zero-order valence-electron chi connectivity index (χ0n) is 18.6. The van der Waals surface area contributed by atoms with Gasteiger partial charge in [-0.05, 0) is 67.0 Å². The van der Waals surface area contributed by atoms with E-state index in [1.807, 2.05) is 0 Å². The number of benzene rings is 3. The summed E-state index contributed by atoms with van der Waals surface area (Å²) in [5, 5.41) is 7.90. The Morgan fingerprint density at radius 1 is 0.909 bits per heavy atom. The van der Waals surface area contributed by atoms with Crippen molar-refractivity contribution in [1.29, 1.82) is 0 Å². The molecule has 0 saturated carbocycles. The summed E-state index contributed by atoms with van der Waals surface area (Å²) in [5.41, 5.74) is 2.83. The maximum atomic E-state index is 13.5. The topological polar surface area (TPSA) is 29.3 Å². The van der Waals surface area contributed by atoms with Gasteiger partial charge >= 0.3 is 0 Å². The zero-order chi connectivity index (χ0) is 22.3. The van der Waals surface area contributed by atoms with E-state index in [0.29, 0.717) is 11.5 Å². The smallest absolute Gasteiger partial charge is 0.170 e. The number of hydrogen-bond acceptors (Lipinski definition) is 3. The van der Waals surface area contributed by atoms with Gasteiger partial charge in [-0.15, -0.1) is 0 Å². The molecule has 0 radical (unpaired) electrons. The molecule has 0 atom stereocenters. The van der Waals surface area contributed by atoms with Crippen molar-refractivity contribution < 1.29 is 8.91 Å². The SMILES string of the molecule is Fc1ccc2c(C3CCN(CCC4(c5ccccc5)C=c5ccccc5=C4)CC3)noc2c1. The summed E-state index contributed by atoms with van der Waals surface area (Å²) in [6.45, 7) is 3.13. The van der Waals surface area contributed by atoms with Gasteiger partial charge in [0.2, 0.25) is 0 Å². The fourth-order valence-electron chi connectivity index (χ4n) is 5.57. The van der Waals surface area contributed by atoms with Crippen molar-refractivity contribution >= 4 is 23.1 Å². The second-order valence-corrected chi connectivity index (χ2v) is 9.40. The van der Waals surface area contributed by atoms with Crippen LogP contribution in [0, 0.1) is 5.82 Å². The van der Waals surface area contributed by atoms with E-state index >= 15 is 0 Å². The Labute approximate surface area is 192 Å². The molecule has 4 aromatic rings. The molecule has 33 heavy (non-hydrogen) atoms. The Balaban J connectivity index is 1.17. The quantitative estimate of drug-likeness (QED) is 0.450. The molecule has 166 valence electrons. The minimum absolute atomic E-state index is 0.0613. The highest BCUT2D eigenvalue weighted by molar-refractivity contribution is 5.80. The van der Waals surface area contributed by atoms with Crippen molar-refractivity contribution in [2.24, 2.45) is 0 Å². The summed E-state index contributed by atoms with van der Waals surface area (Å²) in [4.78, 5) is 2.58. The Bertz CT molecular complexity index is 1370. The normalized spacial score (nSPS) is 18.1. The van der Waals surface area contributed by atoms with E-state index in [0.717, 1.165) is 50.0 Å². The maximum absolute atomic E-state index is 13.5. The molecule has 1 aliphatic carbocycles. The lowest BCUT2D eigenvalue weighted by Crippen LogP contribution is -2.36. The zero-order valence-corrected chi connectivity index (χ0v) is 18.6. The molecule has 0 amide bonds. The van der Waals surface area contributed by atoms with Crippen molar-refractivity contribution in [3.8, 4) is 0 Å².